The van der Waals surface area contributed by atoms with Gasteiger partial charge in [0.15, 0.2) is 21.3 Å². The maximum atomic E-state index is 11.8. The molecule has 130 valence electrons. The average molecular weight is 357 g/mol. The van der Waals surface area contributed by atoms with Crippen LogP contribution in [0.3, 0.4) is 0 Å². The molecule has 0 bridgehead atoms. The van der Waals surface area contributed by atoms with E-state index in [-0.39, 0.29) is 4.90 Å². The number of rotatable bonds is 3. The predicted octanol–water partition coefficient (Wildman–Crippen LogP) is 2.19. The van der Waals surface area contributed by atoms with E-state index in [0.717, 1.165) is 18.9 Å². The number of hydrogen-bond acceptors (Lipinski definition) is 6. The first-order chi connectivity index (χ1) is 12.0. The molecule has 0 radical (unpaired) electrons. The molecular formula is C17H19N5O2S. The number of benzene rings is 1. The van der Waals surface area contributed by atoms with Crippen LogP contribution in [0.4, 0.5) is 5.82 Å². The van der Waals surface area contributed by atoms with E-state index in [2.05, 4.69) is 15.1 Å². The van der Waals surface area contributed by atoms with E-state index in [1.54, 1.807) is 22.7 Å². The number of hydrogen-bond donors (Lipinski definition) is 0. The Morgan fingerprint density at radius 1 is 1.00 bits per heavy atom. The Morgan fingerprint density at radius 3 is 2.56 bits per heavy atom. The highest BCUT2D eigenvalue weighted by Crippen LogP contribution is 2.23. The van der Waals surface area contributed by atoms with Crippen molar-refractivity contribution in [1.82, 2.24) is 19.8 Å². The second-order valence-corrected chi connectivity index (χ2v) is 8.35. The van der Waals surface area contributed by atoms with Crippen molar-refractivity contribution in [3.8, 4) is 11.4 Å². The van der Waals surface area contributed by atoms with Crippen LogP contribution in [0.25, 0.3) is 17.0 Å². The molecule has 0 atom stereocenters. The summed E-state index contributed by atoms with van der Waals surface area (Å²) in [6, 6.07) is 10.6. The van der Waals surface area contributed by atoms with Gasteiger partial charge in [0.25, 0.3) is 0 Å². The Hall–Kier alpha value is -2.48. The number of aromatic nitrogens is 4. The highest BCUT2D eigenvalue weighted by Gasteiger charge is 2.16. The molecule has 8 heteroatoms. The maximum absolute atomic E-state index is 11.8. The summed E-state index contributed by atoms with van der Waals surface area (Å²) >= 11 is 0. The van der Waals surface area contributed by atoms with Crippen molar-refractivity contribution in [2.75, 3.05) is 24.2 Å². The first-order valence-electron chi connectivity index (χ1n) is 8.30. The number of piperidine rings is 1. The molecule has 1 fully saturated rings. The molecule has 25 heavy (non-hydrogen) atoms. The number of sulfone groups is 1. The van der Waals surface area contributed by atoms with E-state index in [4.69, 9.17) is 5.10 Å². The standard InChI is InChI=1S/C17H19N5O2S/c1-25(23,24)14-7-5-6-13(12-14)17-19-18-15-8-9-16(20-22(15)17)21-10-3-2-4-11-21/h5-9,12H,2-4,10-11H2,1H3. The van der Waals surface area contributed by atoms with Gasteiger partial charge in [0.1, 0.15) is 5.82 Å². The van der Waals surface area contributed by atoms with Gasteiger partial charge < -0.3 is 4.90 Å². The molecule has 0 unspecified atom stereocenters. The summed E-state index contributed by atoms with van der Waals surface area (Å²) in [5, 5.41) is 13.1. The molecule has 0 amide bonds. The fourth-order valence-corrected chi connectivity index (χ4v) is 3.78. The predicted molar refractivity (Wildman–Crippen MR) is 95.4 cm³/mol. The van der Waals surface area contributed by atoms with Gasteiger partial charge in [-0.15, -0.1) is 15.3 Å². The molecular weight excluding hydrogens is 338 g/mol. The van der Waals surface area contributed by atoms with Gasteiger partial charge in [0, 0.05) is 24.9 Å². The number of anilines is 1. The minimum atomic E-state index is -3.28. The van der Waals surface area contributed by atoms with Gasteiger partial charge in [-0.3, -0.25) is 0 Å². The van der Waals surface area contributed by atoms with E-state index in [0.29, 0.717) is 17.0 Å². The topological polar surface area (TPSA) is 80.5 Å². The highest BCUT2D eigenvalue weighted by molar-refractivity contribution is 7.90. The molecule has 3 heterocycles. The second-order valence-electron chi connectivity index (χ2n) is 6.33. The largest absolute Gasteiger partial charge is 0.355 e. The molecule has 1 saturated heterocycles. The zero-order valence-electron chi connectivity index (χ0n) is 14.0. The molecule has 0 spiro atoms. The average Bonchev–Trinajstić information content (AvgIpc) is 3.05. The van der Waals surface area contributed by atoms with Crippen LogP contribution in [0.15, 0.2) is 41.3 Å². The van der Waals surface area contributed by atoms with Crippen molar-refractivity contribution < 1.29 is 8.42 Å². The van der Waals surface area contributed by atoms with Gasteiger partial charge in [-0.1, -0.05) is 12.1 Å². The SMILES string of the molecule is CS(=O)(=O)c1cccc(-c2nnc3ccc(N4CCCCC4)nn23)c1. The Kier molecular flexibility index (Phi) is 3.91. The summed E-state index contributed by atoms with van der Waals surface area (Å²) in [7, 11) is -3.28. The first kappa shape index (κ1) is 16.0. The molecule has 1 aromatic carbocycles. The maximum Gasteiger partial charge on any atom is 0.185 e. The summed E-state index contributed by atoms with van der Waals surface area (Å²) in [5.41, 5.74) is 1.32. The van der Waals surface area contributed by atoms with Crippen molar-refractivity contribution in [2.24, 2.45) is 0 Å². The highest BCUT2D eigenvalue weighted by atomic mass is 32.2. The number of nitrogens with zero attached hydrogens (tertiary/aromatic N) is 5. The van der Waals surface area contributed by atoms with Crippen molar-refractivity contribution in [1.29, 1.82) is 0 Å². The van der Waals surface area contributed by atoms with Crippen LogP contribution in [-0.4, -0.2) is 47.6 Å². The van der Waals surface area contributed by atoms with Crippen molar-refractivity contribution in [2.45, 2.75) is 24.2 Å². The summed E-state index contributed by atoms with van der Waals surface area (Å²) in [4.78, 5) is 2.52. The van der Waals surface area contributed by atoms with Crippen LogP contribution < -0.4 is 4.90 Å². The van der Waals surface area contributed by atoms with Crippen molar-refractivity contribution in [3.63, 3.8) is 0 Å². The molecule has 0 saturated carbocycles. The van der Waals surface area contributed by atoms with Crippen LogP contribution in [0.5, 0.6) is 0 Å². The van der Waals surface area contributed by atoms with E-state index in [9.17, 15) is 8.42 Å². The van der Waals surface area contributed by atoms with E-state index < -0.39 is 9.84 Å². The molecule has 7 nitrogen and oxygen atoms in total. The normalized spacial score (nSPS) is 15.6. The zero-order chi connectivity index (χ0) is 17.4. The first-order valence-corrected chi connectivity index (χ1v) is 10.2. The Balaban J connectivity index is 1.80. The van der Waals surface area contributed by atoms with E-state index in [1.165, 1.54) is 25.5 Å². The van der Waals surface area contributed by atoms with Gasteiger partial charge in [0.05, 0.1) is 4.90 Å². The quantitative estimate of drug-likeness (QED) is 0.715. The molecule has 2 aromatic heterocycles. The summed E-state index contributed by atoms with van der Waals surface area (Å²) < 4.78 is 25.3. The third-order valence-electron chi connectivity index (χ3n) is 4.45. The van der Waals surface area contributed by atoms with Gasteiger partial charge in [-0.25, -0.2) is 8.42 Å². The lowest BCUT2D eigenvalue weighted by Crippen LogP contribution is -2.30. The second kappa shape index (κ2) is 6.11. The van der Waals surface area contributed by atoms with E-state index in [1.807, 2.05) is 18.2 Å². The molecule has 1 aliphatic heterocycles. The summed E-state index contributed by atoms with van der Waals surface area (Å²) in [5.74, 6) is 1.44. The Bertz CT molecular complexity index is 1020. The lowest BCUT2D eigenvalue weighted by molar-refractivity contribution is 0.570. The minimum Gasteiger partial charge on any atom is -0.355 e. The lowest BCUT2D eigenvalue weighted by Gasteiger charge is -2.27. The molecule has 3 aromatic rings. The van der Waals surface area contributed by atoms with Crippen LogP contribution in [0, 0.1) is 0 Å². The van der Waals surface area contributed by atoms with Gasteiger partial charge in [-0.05, 0) is 43.5 Å². The van der Waals surface area contributed by atoms with E-state index >= 15 is 0 Å². The molecule has 1 aliphatic rings. The van der Waals surface area contributed by atoms with Gasteiger partial charge in [0.2, 0.25) is 0 Å². The molecule has 4 rings (SSSR count). The molecule has 0 aliphatic carbocycles. The van der Waals surface area contributed by atoms with Crippen LogP contribution in [-0.2, 0) is 9.84 Å². The number of fused-ring (bicyclic) bond motifs is 1. The lowest BCUT2D eigenvalue weighted by atomic mass is 10.1. The zero-order valence-corrected chi connectivity index (χ0v) is 14.8. The smallest absolute Gasteiger partial charge is 0.185 e. The summed E-state index contributed by atoms with van der Waals surface area (Å²) in [6.45, 7) is 2.00. The third kappa shape index (κ3) is 3.09. The molecule has 0 N–H and O–H groups in total. The van der Waals surface area contributed by atoms with Crippen LogP contribution in [0.1, 0.15) is 19.3 Å². The van der Waals surface area contributed by atoms with Gasteiger partial charge >= 0.3 is 0 Å². The van der Waals surface area contributed by atoms with Crippen LogP contribution in [0.2, 0.25) is 0 Å². The van der Waals surface area contributed by atoms with Crippen molar-refractivity contribution >= 4 is 21.3 Å². The minimum absolute atomic E-state index is 0.258. The fraction of sp³-hybridized carbons (Fsp3) is 0.353. The Labute approximate surface area is 146 Å². The third-order valence-corrected chi connectivity index (χ3v) is 5.56. The Morgan fingerprint density at radius 2 is 1.80 bits per heavy atom. The van der Waals surface area contributed by atoms with Crippen LogP contribution >= 0.6 is 0 Å². The monoisotopic (exact) mass is 357 g/mol. The fourth-order valence-electron chi connectivity index (χ4n) is 3.12. The van der Waals surface area contributed by atoms with Gasteiger partial charge in [-0.2, -0.15) is 4.52 Å². The van der Waals surface area contributed by atoms with Crippen molar-refractivity contribution in [3.05, 3.63) is 36.4 Å². The summed E-state index contributed by atoms with van der Waals surface area (Å²) in [6.07, 6.45) is 4.80.